The van der Waals surface area contributed by atoms with Crippen molar-refractivity contribution in [2.24, 2.45) is 29.6 Å². The highest BCUT2D eigenvalue weighted by Gasteiger charge is 2.60. The highest BCUT2D eigenvalue weighted by Crippen LogP contribution is 2.52. The molecule has 5 aliphatic rings. The number of piperidine rings is 1. The number of hydrogen-bond acceptors (Lipinski definition) is 5. The molecule has 5 fully saturated rings. The van der Waals surface area contributed by atoms with Crippen LogP contribution in [0.1, 0.15) is 39.0 Å². The predicted molar refractivity (Wildman–Crippen MR) is 108 cm³/mol. The minimum Gasteiger partial charge on any atom is -0.379 e. The van der Waals surface area contributed by atoms with Crippen molar-refractivity contribution in [1.29, 1.82) is 0 Å². The lowest BCUT2D eigenvalue weighted by Gasteiger charge is -2.59. The third-order valence-electron chi connectivity index (χ3n) is 9.20. The van der Waals surface area contributed by atoms with Gasteiger partial charge in [0.05, 0.1) is 50.2 Å². The molecule has 1 N–H and O–H groups in total. The minimum absolute atomic E-state index is 0.222. The van der Waals surface area contributed by atoms with E-state index < -0.39 is 0 Å². The molecule has 5 rings (SSSR count). The molecule has 0 aromatic carbocycles. The molecule has 3 aliphatic carbocycles. The highest BCUT2D eigenvalue weighted by molar-refractivity contribution is 5.05. The monoisotopic (exact) mass is 410 g/mol. The molecule has 6 nitrogen and oxygen atoms in total. The second-order valence-corrected chi connectivity index (χ2v) is 10.2. The summed E-state index contributed by atoms with van der Waals surface area (Å²) >= 11 is 0. The van der Waals surface area contributed by atoms with Crippen LogP contribution in [0.2, 0.25) is 0 Å². The molecule has 2 aliphatic heterocycles. The first-order valence-electron chi connectivity index (χ1n) is 11.9. The van der Waals surface area contributed by atoms with Crippen LogP contribution in [0, 0.1) is 29.6 Å². The Kier molecular flexibility index (Phi) is 5.95. The van der Waals surface area contributed by atoms with Gasteiger partial charge in [-0.3, -0.25) is 0 Å². The van der Waals surface area contributed by atoms with Crippen molar-refractivity contribution < 1.29 is 28.6 Å². The number of nitrogens with one attached hydrogen (secondary N) is 1. The molecule has 0 radical (unpaired) electrons. The van der Waals surface area contributed by atoms with Crippen LogP contribution in [0.25, 0.3) is 0 Å². The van der Waals surface area contributed by atoms with E-state index >= 15 is 0 Å². The lowest BCUT2D eigenvalue weighted by Crippen LogP contribution is -3.18. The molecule has 6 heteroatoms. The number of ether oxygens (including phenoxy) is 5. The maximum atomic E-state index is 6.40. The van der Waals surface area contributed by atoms with Gasteiger partial charge in [0.15, 0.2) is 0 Å². The normalized spacial score (nSPS) is 54.2. The molecule has 0 aromatic rings. The number of rotatable bonds is 4. The van der Waals surface area contributed by atoms with Crippen LogP contribution in [-0.2, 0) is 23.7 Å². The number of quaternary nitrogens is 1. The molecule has 0 amide bonds. The van der Waals surface area contributed by atoms with E-state index in [2.05, 4.69) is 14.0 Å². The number of methoxy groups -OCH3 is 2. The van der Waals surface area contributed by atoms with Crippen LogP contribution in [0.3, 0.4) is 0 Å². The Morgan fingerprint density at radius 3 is 2.24 bits per heavy atom. The number of likely N-dealkylation sites (tertiary alicyclic amines) is 1. The second kappa shape index (κ2) is 8.36. The van der Waals surface area contributed by atoms with E-state index in [4.69, 9.17) is 23.7 Å². The molecular weight excluding hydrogens is 370 g/mol. The van der Waals surface area contributed by atoms with Crippen LogP contribution in [0.5, 0.6) is 0 Å². The van der Waals surface area contributed by atoms with Gasteiger partial charge in [0, 0.05) is 38.6 Å². The Balaban J connectivity index is 1.43. The van der Waals surface area contributed by atoms with Crippen LogP contribution < -0.4 is 4.90 Å². The van der Waals surface area contributed by atoms with Gasteiger partial charge in [-0.1, -0.05) is 0 Å². The largest absolute Gasteiger partial charge is 0.379 e. The molecule has 12 unspecified atom stereocenters. The van der Waals surface area contributed by atoms with Gasteiger partial charge in [0.25, 0.3) is 0 Å². The second-order valence-electron chi connectivity index (χ2n) is 10.2. The molecule has 0 spiro atoms. The van der Waals surface area contributed by atoms with Gasteiger partial charge in [-0.05, 0) is 50.9 Å². The van der Waals surface area contributed by atoms with Crippen LogP contribution in [-0.4, -0.2) is 77.8 Å². The first-order valence-corrected chi connectivity index (χ1v) is 11.9. The summed E-state index contributed by atoms with van der Waals surface area (Å²) in [7, 11) is 6.14. The zero-order chi connectivity index (χ0) is 20.1. The van der Waals surface area contributed by atoms with E-state index in [1.807, 2.05) is 14.2 Å². The maximum absolute atomic E-state index is 6.40. The fourth-order valence-electron chi connectivity index (χ4n) is 8.22. The third-order valence-corrected chi connectivity index (χ3v) is 9.20. The molecular formula is C23H40NO5+. The van der Waals surface area contributed by atoms with Gasteiger partial charge in [-0.2, -0.15) is 0 Å². The van der Waals surface area contributed by atoms with Crippen molar-refractivity contribution >= 4 is 0 Å². The molecule has 3 saturated carbocycles. The summed E-state index contributed by atoms with van der Waals surface area (Å²) in [5, 5.41) is 0. The standard InChI is InChI=1S/C23H39NO5/c1-5-27-19-9-15-13-6-7-18(25-3)23(26-4)17(13)11-24(2)22(15)16-10-21-20(8-14(16)19)28-12-29-21/h13-23H,5-12H2,1-4H3/p+1. The Bertz CT molecular complexity index is 575. The summed E-state index contributed by atoms with van der Waals surface area (Å²) in [4.78, 5) is 1.69. The van der Waals surface area contributed by atoms with Crippen LogP contribution >= 0.6 is 0 Å². The van der Waals surface area contributed by atoms with Gasteiger partial charge in [0.2, 0.25) is 0 Å². The van der Waals surface area contributed by atoms with Crippen molar-refractivity contribution in [2.75, 3.05) is 41.2 Å². The lowest BCUT2D eigenvalue weighted by atomic mass is 9.54. The number of hydrogen-bond donors (Lipinski definition) is 1. The van der Waals surface area contributed by atoms with Gasteiger partial charge in [-0.25, -0.2) is 0 Å². The van der Waals surface area contributed by atoms with Gasteiger partial charge >= 0.3 is 0 Å². The minimum atomic E-state index is 0.222. The first kappa shape index (κ1) is 20.7. The molecule has 2 saturated heterocycles. The average molecular weight is 411 g/mol. The molecule has 12 atom stereocenters. The van der Waals surface area contributed by atoms with E-state index in [0.29, 0.717) is 48.7 Å². The van der Waals surface area contributed by atoms with E-state index in [1.165, 1.54) is 19.4 Å². The number of fused-ring (bicyclic) bond motifs is 6. The summed E-state index contributed by atoms with van der Waals surface area (Å²) in [5.41, 5.74) is 0. The summed E-state index contributed by atoms with van der Waals surface area (Å²) < 4.78 is 30.1. The van der Waals surface area contributed by atoms with Crippen LogP contribution in [0.4, 0.5) is 0 Å². The van der Waals surface area contributed by atoms with Crippen molar-refractivity contribution in [1.82, 2.24) is 0 Å². The Labute approximate surface area is 175 Å². The van der Waals surface area contributed by atoms with Crippen LogP contribution in [0.15, 0.2) is 0 Å². The first-order chi connectivity index (χ1) is 14.2. The van der Waals surface area contributed by atoms with Crippen molar-refractivity contribution in [3.8, 4) is 0 Å². The third kappa shape index (κ3) is 3.39. The van der Waals surface area contributed by atoms with Gasteiger partial charge < -0.3 is 28.6 Å². The van der Waals surface area contributed by atoms with E-state index in [1.54, 1.807) is 4.90 Å². The lowest BCUT2D eigenvalue weighted by molar-refractivity contribution is -0.929. The van der Waals surface area contributed by atoms with Crippen molar-refractivity contribution in [3.05, 3.63) is 0 Å². The molecule has 29 heavy (non-hydrogen) atoms. The zero-order valence-electron chi connectivity index (χ0n) is 18.5. The predicted octanol–water partition coefficient (Wildman–Crippen LogP) is 1.13. The Morgan fingerprint density at radius 1 is 0.828 bits per heavy atom. The quantitative estimate of drug-likeness (QED) is 0.753. The van der Waals surface area contributed by atoms with E-state index in [-0.39, 0.29) is 18.3 Å². The van der Waals surface area contributed by atoms with E-state index in [0.717, 1.165) is 31.8 Å². The summed E-state index contributed by atoms with van der Waals surface area (Å²) in [6.45, 7) is 4.62. The van der Waals surface area contributed by atoms with Gasteiger partial charge in [0.1, 0.15) is 6.79 Å². The topological polar surface area (TPSA) is 50.6 Å². The van der Waals surface area contributed by atoms with Gasteiger partial charge in [-0.15, -0.1) is 0 Å². The average Bonchev–Trinajstić information content (AvgIpc) is 3.19. The molecule has 2 heterocycles. The summed E-state index contributed by atoms with van der Waals surface area (Å²) in [6.07, 6.45) is 7.23. The molecule has 166 valence electrons. The fraction of sp³-hybridized carbons (Fsp3) is 1.00. The van der Waals surface area contributed by atoms with E-state index in [9.17, 15) is 0 Å². The maximum Gasteiger partial charge on any atom is 0.147 e. The molecule has 0 bridgehead atoms. The zero-order valence-corrected chi connectivity index (χ0v) is 18.5. The highest BCUT2D eigenvalue weighted by atomic mass is 16.7. The Hall–Kier alpha value is -0.240. The smallest absolute Gasteiger partial charge is 0.147 e. The SMILES string of the molecule is CCOC1CC2C3CCC(OC)C(OC)C3C[NH+](C)C2C2CC3OCOC3CC12. The van der Waals surface area contributed by atoms with Crippen molar-refractivity contribution in [2.45, 2.75) is 75.6 Å². The Morgan fingerprint density at radius 2 is 1.55 bits per heavy atom. The molecule has 0 aromatic heterocycles. The summed E-state index contributed by atoms with van der Waals surface area (Å²) in [6, 6.07) is 0.708. The fourth-order valence-corrected chi connectivity index (χ4v) is 8.22. The summed E-state index contributed by atoms with van der Waals surface area (Å²) in [5.74, 6) is 3.30. The van der Waals surface area contributed by atoms with Crippen molar-refractivity contribution in [3.63, 3.8) is 0 Å².